The van der Waals surface area contributed by atoms with Gasteiger partial charge in [-0.3, -0.25) is 14.5 Å². The lowest BCUT2D eigenvalue weighted by atomic mass is 10.0. The highest BCUT2D eigenvalue weighted by Gasteiger charge is 2.37. The molecular weight excluding hydrogens is 296 g/mol. The Kier molecular flexibility index (Phi) is 4.52. The van der Waals surface area contributed by atoms with Crippen LogP contribution in [-0.4, -0.2) is 55.7 Å². The minimum Gasteiger partial charge on any atom is -0.478 e. The van der Waals surface area contributed by atoms with Crippen molar-refractivity contribution in [2.24, 2.45) is 5.92 Å². The van der Waals surface area contributed by atoms with Crippen LogP contribution in [0.15, 0.2) is 24.3 Å². The average molecular weight is 318 g/mol. The van der Waals surface area contributed by atoms with Crippen molar-refractivity contribution in [3.05, 3.63) is 24.3 Å². The minimum atomic E-state index is -0.553. The smallest absolute Gasteiger partial charge is 0.268 e. The Labute approximate surface area is 136 Å². The molecule has 0 aromatic heterocycles. The van der Waals surface area contributed by atoms with E-state index in [0.717, 1.165) is 0 Å². The number of morpholine rings is 1. The fourth-order valence-electron chi connectivity index (χ4n) is 2.87. The molecule has 0 spiro atoms. The fraction of sp³-hybridized carbons (Fsp3) is 0.529. The molecule has 2 aliphatic rings. The van der Waals surface area contributed by atoms with Gasteiger partial charge in [0.1, 0.15) is 12.3 Å². The zero-order valence-corrected chi connectivity index (χ0v) is 13.5. The Balaban J connectivity index is 1.83. The normalized spacial score (nSPS) is 21.2. The third-order valence-corrected chi connectivity index (χ3v) is 4.18. The van der Waals surface area contributed by atoms with Gasteiger partial charge in [0, 0.05) is 13.1 Å². The van der Waals surface area contributed by atoms with Crippen LogP contribution >= 0.6 is 0 Å². The van der Waals surface area contributed by atoms with Gasteiger partial charge in [-0.25, -0.2) is 0 Å². The number of para-hydroxylation sites is 2. The summed E-state index contributed by atoms with van der Waals surface area (Å²) in [5.74, 6) is 0.485. The molecule has 1 saturated heterocycles. The number of rotatable bonds is 3. The van der Waals surface area contributed by atoms with Crippen LogP contribution in [-0.2, 0) is 14.3 Å². The largest absolute Gasteiger partial charge is 0.478 e. The summed E-state index contributed by atoms with van der Waals surface area (Å²) in [5, 5.41) is 0. The van der Waals surface area contributed by atoms with E-state index in [9.17, 15) is 9.59 Å². The summed E-state index contributed by atoms with van der Waals surface area (Å²) >= 11 is 0. The van der Waals surface area contributed by atoms with Gasteiger partial charge >= 0.3 is 0 Å². The lowest BCUT2D eigenvalue weighted by Crippen LogP contribution is -2.53. The van der Waals surface area contributed by atoms with E-state index in [-0.39, 0.29) is 24.3 Å². The second-order valence-corrected chi connectivity index (χ2v) is 6.17. The number of carbonyl (C=O) groups is 2. The van der Waals surface area contributed by atoms with Crippen molar-refractivity contribution >= 4 is 17.5 Å². The lowest BCUT2D eigenvalue weighted by molar-refractivity contribution is -0.136. The summed E-state index contributed by atoms with van der Waals surface area (Å²) in [6.07, 6.45) is -0.553. The highest BCUT2D eigenvalue weighted by atomic mass is 16.5. The quantitative estimate of drug-likeness (QED) is 0.843. The van der Waals surface area contributed by atoms with Crippen LogP contribution in [0.4, 0.5) is 5.69 Å². The van der Waals surface area contributed by atoms with Crippen LogP contribution in [0.2, 0.25) is 0 Å². The Morgan fingerprint density at radius 3 is 2.65 bits per heavy atom. The van der Waals surface area contributed by atoms with Crippen molar-refractivity contribution in [3.63, 3.8) is 0 Å². The van der Waals surface area contributed by atoms with E-state index >= 15 is 0 Å². The molecule has 0 N–H and O–H groups in total. The number of fused-ring (bicyclic) bond motifs is 1. The number of benzene rings is 1. The molecule has 1 atom stereocenters. The van der Waals surface area contributed by atoms with Gasteiger partial charge in [0.2, 0.25) is 5.91 Å². The van der Waals surface area contributed by atoms with Crippen molar-refractivity contribution in [2.75, 3.05) is 37.7 Å². The monoisotopic (exact) mass is 318 g/mol. The summed E-state index contributed by atoms with van der Waals surface area (Å²) < 4.78 is 11.1. The molecule has 6 heteroatoms. The van der Waals surface area contributed by atoms with Crippen LogP contribution < -0.4 is 9.64 Å². The molecule has 1 aromatic rings. The molecule has 1 aromatic carbocycles. The van der Waals surface area contributed by atoms with Gasteiger partial charge < -0.3 is 14.4 Å². The van der Waals surface area contributed by atoms with Gasteiger partial charge in [0.15, 0.2) is 6.10 Å². The molecule has 0 saturated carbocycles. The van der Waals surface area contributed by atoms with Gasteiger partial charge in [0.25, 0.3) is 5.91 Å². The molecular formula is C17H22N2O4. The van der Waals surface area contributed by atoms with E-state index in [1.54, 1.807) is 9.80 Å². The molecule has 23 heavy (non-hydrogen) atoms. The van der Waals surface area contributed by atoms with Crippen molar-refractivity contribution in [1.29, 1.82) is 0 Å². The number of ether oxygens (including phenoxy) is 2. The Morgan fingerprint density at radius 2 is 1.96 bits per heavy atom. The first kappa shape index (κ1) is 15.8. The van der Waals surface area contributed by atoms with Crippen LogP contribution in [0.5, 0.6) is 5.75 Å². The molecule has 0 unspecified atom stereocenters. The molecule has 2 aliphatic heterocycles. The third-order valence-electron chi connectivity index (χ3n) is 4.18. The number of nitrogens with zero attached hydrogens (tertiary/aromatic N) is 2. The summed E-state index contributed by atoms with van der Waals surface area (Å²) in [6.45, 7) is 6.18. The van der Waals surface area contributed by atoms with E-state index < -0.39 is 6.10 Å². The third kappa shape index (κ3) is 3.17. The molecule has 2 heterocycles. The van der Waals surface area contributed by atoms with E-state index in [1.165, 1.54) is 0 Å². The first-order valence-corrected chi connectivity index (χ1v) is 8.00. The Morgan fingerprint density at radius 1 is 1.26 bits per heavy atom. The number of anilines is 1. The number of hydrogen-bond donors (Lipinski definition) is 0. The van der Waals surface area contributed by atoms with Crippen LogP contribution in [0.3, 0.4) is 0 Å². The molecule has 0 radical (unpaired) electrons. The number of amides is 2. The van der Waals surface area contributed by atoms with Crippen molar-refractivity contribution in [1.82, 2.24) is 4.90 Å². The fourth-order valence-corrected chi connectivity index (χ4v) is 2.87. The van der Waals surface area contributed by atoms with Crippen molar-refractivity contribution in [3.8, 4) is 5.75 Å². The zero-order valence-electron chi connectivity index (χ0n) is 13.5. The van der Waals surface area contributed by atoms with Gasteiger partial charge in [0.05, 0.1) is 18.9 Å². The predicted molar refractivity (Wildman–Crippen MR) is 85.4 cm³/mol. The van der Waals surface area contributed by atoms with E-state index in [1.807, 2.05) is 38.1 Å². The zero-order chi connectivity index (χ0) is 16.4. The number of hydrogen-bond acceptors (Lipinski definition) is 4. The Bertz CT molecular complexity index is 596. The number of carbonyl (C=O) groups excluding carboxylic acids is 2. The van der Waals surface area contributed by atoms with Gasteiger partial charge in [-0.05, 0) is 18.1 Å². The van der Waals surface area contributed by atoms with Crippen LogP contribution in [0, 0.1) is 5.92 Å². The summed E-state index contributed by atoms with van der Waals surface area (Å²) in [6, 6.07) is 7.37. The molecule has 6 nitrogen and oxygen atoms in total. The second kappa shape index (κ2) is 6.58. The van der Waals surface area contributed by atoms with Gasteiger partial charge in [-0.2, -0.15) is 0 Å². The SMILES string of the molecule is CC(C)[C@@H]1Oc2ccccc2N(CC(=O)N2CCOCC2)C1=O. The summed E-state index contributed by atoms with van der Waals surface area (Å²) in [4.78, 5) is 28.6. The summed E-state index contributed by atoms with van der Waals surface area (Å²) in [7, 11) is 0. The summed E-state index contributed by atoms with van der Waals surface area (Å²) in [5.41, 5.74) is 0.663. The molecule has 124 valence electrons. The van der Waals surface area contributed by atoms with Crippen molar-refractivity contribution in [2.45, 2.75) is 20.0 Å². The second-order valence-electron chi connectivity index (χ2n) is 6.17. The van der Waals surface area contributed by atoms with E-state index in [0.29, 0.717) is 37.7 Å². The standard InChI is InChI=1S/C17H22N2O4/c1-12(2)16-17(21)19(13-5-3-4-6-14(13)23-16)11-15(20)18-7-9-22-10-8-18/h3-6,12,16H,7-11H2,1-2H3/t16-/m0/s1. The van der Waals surface area contributed by atoms with E-state index in [4.69, 9.17) is 9.47 Å². The van der Waals surface area contributed by atoms with Crippen LogP contribution in [0.1, 0.15) is 13.8 Å². The first-order chi connectivity index (χ1) is 11.1. The Hall–Kier alpha value is -2.08. The van der Waals surface area contributed by atoms with Gasteiger partial charge in [-0.15, -0.1) is 0 Å². The maximum Gasteiger partial charge on any atom is 0.268 e. The maximum atomic E-state index is 12.8. The molecule has 2 amide bonds. The molecule has 0 bridgehead atoms. The van der Waals surface area contributed by atoms with Gasteiger partial charge in [-0.1, -0.05) is 26.0 Å². The van der Waals surface area contributed by atoms with Crippen molar-refractivity contribution < 1.29 is 19.1 Å². The minimum absolute atomic E-state index is 0.0387. The maximum absolute atomic E-state index is 12.8. The average Bonchev–Trinajstić information content (AvgIpc) is 2.57. The topological polar surface area (TPSA) is 59.1 Å². The highest BCUT2D eigenvalue weighted by Crippen LogP contribution is 2.35. The first-order valence-electron chi connectivity index (χ1n) is 8.00. The molecule has 1 fully saturated rings. The predicted octanol–water partition coefficient (Wildman–Crippen LogP) is 1.30. The lowest BCUT2D eigenvalue weighted by Gasteiger charge is -2.37. The van der Waals surface area contributed by atoms with Crippen LogP contribution in [0.25, 0.3) is 0 Å². The molecule has 3 rings (SSSR count). The highest BCUT2D eigenvalue weighted by molar-refractivity contribution is 6.04. The molecule has 0 aliphatic carbocycles. The van der Waals surface area contributed by atoms with E-state index in [2.05, 4.69) is 0 Å².